The lowest BCUT2D eigenvalue weighted by atomic mass is 10.0. The monoisotopic (exact) mass is 467 g/mol. The third-order valence-electron chi connectivity index (χ3n) is 4.79. The Kier molecular flexibility index (Phi) is 5.80. The van der Waals surface area contributed by atoms with Crippen LogP contribution in [0.1, 0.15) is 58.2 Å². The fraction of sp³-hybridized carbons (Fsp3) is 0.304. The molecule has 3 aromatic rings. The summed E-state index contributed by atoms with van der Waals surface area (Å²) in [4.78, 5) is 25.8. The van der Waals surface area contributed by atoms with Gasteiger partial charge in [-0.3, -0.25) is 9.36 Å². The minimum absolute atomic E-state index is 0.121. The quantitative estimate of drug-likeness (QED) is 0.450. The molecule has 0 saturated carbocycles. The number of nitrogens with zero attached hydrogens (tertiary/aromatic N) is 1. The summed E-state index contributed by atoms with van der Waals surface area (Å²) in [6, 6.07) is 4.44. The molecule has 32 heavy (non-hydrogen) atoms. The number of halogens is 4. The molecule has 0 fully saturated rings. The van der Waals surface area contributed by atoms with Crippen molar-refractivity contribution in [2.45, 2.75) is 46.4 Å². The summed E-state index contributed by atoms with van der Waals surface area (Å²) in [6.45, 7) is 7.98. The van der Waals surface area contributed by atoms with Gasteiger partial charge in [0.15, 0.2) is 0 Å². The molecule has 0 saturated heterocycles. The molecule has 1 aromatic heterocycles. The van der Waals surface area contributed by atoms with Crippen LogP contribution in [0.15, 0.2) is 30.5 Å². The van der Waals surface area contributed by atoms with Crippen molar-refractivity contribution < 1.29 is 32.6 Å². The van der Waals surface area contributed by atoms with E-state index in [2.05, 4.69) is 0 Å². The van der Waals surface area contributed by atoms with Gasteiger partial charge in [-0.15, -0.1) is 0 Å². The number of esters is 1. The first kappa shape index (κ1) is 23.7. The predicted octanol–water partition coefficient (Wildman–Crippen LogP) is 6.28. The smallest absolute Gasteiger partial charge is 0.416 e. The van der Waals surface area contributed by atoms with E-state index in [1.807, 2.05) is 0 Å². The summed E-state index contributed by atoms with van der Waals surface area (Å²) >= 11 is 6.17. The van der Waals surface area contributed by atoms with Crippen LogP contribution in [0.5, 0.6) is 5.75 Å². The van der Waals surface area contributed by atoms with Crippen LogP contribution in [0.3, 0.4) is 0 Å². The third-order valence-corrected chi connectivity index (χ3v) is 5.11. The van der Waals surface area contributed by atoms with E-state index in [9.17, 15) is 27.9 Å². The second-order valence-electron chi connectivity index (χ2n) is 8.49. The Morgan fingerprint density at radius 2 is 1.69 bits per heavy atom. The van der Waals surface area contributed by atoms with Crippen LogP contribution >= 0.6 is 11.6 Å². The Hall–Kier alpha value is -3.00. The largest absolute Gasteiger partial charge is 0.506 e. The molecule has 2 aromatic carbocycles. The van der Waals surface area contributed by atoms with Crippen molar-refractivity contribution in [3.05, 3.63) is 63.3 Å². The van der Waals surface area contributed by atoms with Gasteiger partial charge in [-0.1, -0.05) is 11.6 Å². The number of aromatic hydroxyl groups is 1. The fourth-order valence-corrected chi connectivity index (χ4v) is 3.67. The molecule has 0 spiro atoms. The van der Waals surface area contributed by atoms with Crippen LogP contribution in [0.25, 0.3) is 10.9 Å². The number of alkyl halides is 3. The molecule has 0 amide bonds. The summed E-state index contributed by atoms with van der Waals surface area (Å²) in [5, 5.41) is 10.8. The van der Waals surface area contributed by atoms with Crippen molar-refractivity contribution in [2.75, 3.05) is 0 Å². The first-order chi connectivity index (χ1) is 14.6. The molecule has 0 bridgehead atoms. The van der Waals surface area contributed by atoms with Gasteiger partial charge in [0.1, 0.15) is 22.5 Å². The summed E-state index contributed by atoms with van der Waals surface area (Å²) in [5.41, 5.74) is -1.38. The molecule has 9 heteroatoms. The number of carbonyl (C=O) groups excluding carboxylic acids is 2. The van der Waals surface area contributed by atoms with E-state index in [0.717, 1.165) is 16.7 Å². The number of aryl methyl sites for hydroxylation is 2. The van der Waals surface area contributed by atoms with Gasteiger partial charge in [-0.2, -0.15) is 13.2 Å². The summed E-state index contributed by atoms with van der Waals surface area (Å²) < 4.78 is 46.1. The maximum atomic E-state index is 13.4. The number of hydrogen-bond donors (Lipinski definition) is 1. The van der Waals surface area contributed by atoms with Gasteiger partial charge in [0.2, 0.25) is 0 Å². The van der Waals surface area contributed by atoms with Gasteiger partial charge in [-0.25, -0.2) is 4.79 Å². The zero-order valence-corrected chi connectivity index (χ0v) is 18.8. The van der Waals surface area contributed by atoms with Crippen molar-refractivity contribution in [2.24, 2.45) is 0 Å². The highest BCUT2D eigenvalue weighted by molar-refractivity contribution is 6.34. The Bertz CT molecular complexity index is 1250. The Labute approximate surface area is 187 Å². The zero-order valence-electron chi connectivity index (χ0n) is 18.0. The van der Waals surface area contributed by atoms with Crippen LogP contribution < -0.4 is 0 Å². The molecule has 1 heterocycles. The van der Waals surface area contributed by atoms with E-state index in [4.69, 9.17) is 16.3 Å². The maximum absolute atomic E-state index is 13.4. The topological polar surface area (TPSA) is 68.5 Å². The van der Waals surface area contributed by atoms with Gasteiger partial charge in [0.05, 0.1) is 16.1 Å². The zero-order chi connectivity index (χ0) is 24.2. The van der Waals surface area contributed by atoms with E-state index in [0.29, 0.717) is 5.56 Å². The van der Waals surface area contributed by atoms with Gasteiger partial charge in [-0.05, 0) is 70.0 Å². The van der Waals surface area contributed by atoms with E-state index in [1.165, 1.54) is 25.3 Å². The van der Waals surface area contributed by atoms with Crippen molar-refractivity contribution in [3.8, 4) is 5.75 Å². The molecule has 0 atom stereocenters. The Morgan fingerprint density at radius 3 is 2.25 bits per heavy atom. The lowest BCUT2D eigenvalue weighted by Gasteiger charge is -2.20. The highest BCUT2D eigenvalue weighted by atomic mass is 35.5. The number of rotatable bonds is 2. The Balaban J connectivity index is 2.18. The van der Waals surface area contributed by atoms with E-state index >= 15 is 0 Å². The van der Waals surface area contributed by atoms with Gasteiger partial charge in [0, 0.05) is 11.6 Å². The molecular formula is C23H21ClF3NO4. The van der Waals surface area contributed by atoms with Gasteiger partial charge >= 0.3 is 12.1 Å². The summed E-state index contributed by atoms with van der Waals surface area (Å²) in [7, 11) is 0. The van der Waals surface area contributed by atoms with Crippen molar-refractivity contribution in [3.63, 3.8) is 0 Å². The molecule has 5 nitrogen and oxygen atoms in total. The third kappa shape index (κ3) is 4.32. The predicted molar refractivity (Wildman–Crippen MR) is 114 cm³/mol. The molecule has 0 aliphatic carbocycles. The average Bonchev–Trinajstić information content (AvgIpc) is 2.97. The molecule has 0 aliphatic heterocycles. The number of hydrogen-bond acceptors (Lipinski definition) is 4. The summed E-state index contributed by atoms with van der Waals surface area (Å²) in [5.74, 6) is -2.31. The average molecular weight is 468 g/mol. The number of carbonyl (C=O) groups is 2. The number of ether oxygens (including phenoxy) is 1. The molecule has 0 unspecified atom stereocenters. The highest BCUT2D eigenvalue weighted by Gasteiger charge is 2.33. The van der Waals surface area contributed by atoms with Crippen LogP contribution in [0.2, 0.25) is 5.02 Å². The molecule has 0 radical (unpaired) electrons. The first-order valence-corrected chi connectivity index (χ1v) is 9.98. The molecule has 3 rings (SSSR count). The number of aromatic nitrogens is 1. The van der Waals surface area contributed by atoms with Crippen LogP contribution in [-0.2, 0) is 10.9 Å². The second kappa shape index (κ2) is 7.85. The van der Waals surface area contributed by atoms with E-state index in [-0.39, 0.29) is 32.6 Å². The lowest BCUT2D eigenvalue weighted by molar-refractivity contribution is -0.137. The SMILES string of the molecule is Cc1cn(C(=O)c2c(Cl)ccc(C(=O)OC(C)(C)C)c2O)c2c(C)cc(C(F)(F)F)cc12. The van der Waals surface area contributed by atoms with E-state index < -0.39 is 35.0 Å². The standard InChI is InChI=1S/C23H21ClF3NO4/c1-11-8-13(23(25,26)27)9-15-12(2)10-28(18(11)15)20(30)17-16(24)7-6-14(19(17)29)21(31)32-22(3,4)5/h6-10,29H,1-5H3. The van der Waals surface area contributed by atoms with Crippen molar-refractivity contribution in [1.82, 2.24) is 4.57 Å². The van der Waals surface area contributed by atoms with Crippen molar-refractivity contribution in [1.29, 1.82) is 0 Å². The minimum atomic E-state index is -4.54. The number of phenols is 1. The Morgan fingerprint density at radius 1 is 1.06 bits per heavy atom. The second-order valence-corrected chi connectivity index (χ2v) is 8.90. The first-order valence-electron chi connectivity index (χ1n) is 9.61. The maximum Gasteiger partial charge on any atom is 0.416 e. The molecule has 1 N–H and O–H groups in total. The van der Waals surface area contributed by atoms with E-state index in [1.54, 1.807) is 27.7 Å². The molecule has 170 valence electrons. The number of phenolic OH excluding ortho intramolecular Hbond substituents is 1. The minimum Gasteiger partial charge on any atom is -0.506 e. The highest BCUT2D eigenvalue weighted by Crippen LogP contribution is 2.37. The number of fused-ring (bicyclic) bond motifs is 1. The van der Waals surface area contributed by atoms with Crippen LogP contribution in [0, 0.1) is 13.8 Å². The lowest BCUT2D eigenvalue weighted by Crippen LogP contribution is -2.24. The van der Waals surface area contributed by atoms with Crippen LogP contribution in [0.4, 0.5) is 13.2 Å². The van der Waals surface area contributed by atoms with Gasteiger partial charge in [0.25, 0.3) is 5.91 Å². The normalized spacial score (nSPS) is 12.3. The van der Waals surface area contributed by atoms with Crippen molar-refractivity contribution >= 4 is 34.4 Å². The number of benzene rings is 2. The fourth-order valence-electron chi connectivity index (χ4n) is 3.44. The van der Waals surface area contributed by atoms with Crippen LogP contribution in [-0.4, -0.2) is 27.2 Å². The molecular weight excluding hydrogens is 447 g/mol. The molecule has 0 aliphatic rings. The summed E-state index contributed by atoms with van der Waals surface area (Å²) in [6.07, 6.45) is -3.17. The van der Waals surface area contributed by atoms with Gasteiger partial charge < -0.3 is 9.84 Å².